The Hall–Kier alpha value is -3.29. The van der Waals surface area contributed by atoms with E-state index in [0.29, 0.717) is 11.6 Å². The fourth-order valence-electron chi connectivity index (χ4n) is 1.97. The van der Waals surface area contributed by atoms with Gasteiger partial charge in [0.25, 0.3) is 5.91 Å². The number of ether oxygens (including phenoxy) is 1. The number of hydrogen-bond acceptors (Lipinski definition) is 5. The third kappa shape index (κ3) is 3.72. The van der Waals surface area contributed by atoms with Crippen molar-refractivity contribution in [3.63, 3.8) is 0 Å². The number of benzene rings is 1. The molecule has 3 rings (SSSR count). The zero-order valence-corrected chi connectivity index (χ0v) is 12.8. The van der Waals surface area contributed by atoms with Gasteiger partial charge in [0.1, 0.15) is 23.7 Å². The van der Waals surface area contributed by atoms with Crippen molar-refractivity contribution in [3.8, 4) is 11.6 Å². The van der Waals surface area contributed by atoms with E-state index >= 15 is 0 Å². The lowest BCUT2D eigenvalue weighted by molar-refractivity contribution is -0.122. The lowest BCUT2D eigenvalue weighted by Gasteiger charge is -2.14. The molecule has 0 aliphatic heterocycles. The molecule has 1 atom stereocenters. The van der Waals surface area contributed by atoms with E-state index in [1.807, 2.05) is 0 Å². The van der Waals surface area contributed by atoms with Crippen LogP contribution in [-0.4, -0.2) is 31.8 Å². The Bertz CT molecular complexity index is 838. The van der Waals surface area contributed by atoms with Gasteiger partial charge in [0, 0.05) is 24.5 Å². The maximum absolute atomic E-state index is 13.1. The first-order valence-corrected chi connectivity index (χ1v) is 7.17. The molecule has 0 aliphatic carbocycles. The van der Waals surface area contributed by atoms with Gasteiger partial charge < -0.3 is 10.1 Å². The van der Waals surface area contributed by atoms with E-state index in [0.717, 1.165) is 0 Å². The molecule has 0 bridgehead atoms. The second-order valence-electron chi connectivity index (χ2n) is 4.92. The zero-order valence-electron chi connectivity index (χ0n) is 12.8. The number of carbonyl (C=O) groups is 1. The normalized spacial score (nSPS) is 11.8. The topological polar surface area (TPSA) is 81.9 Å². The molecule has 3 aromatic rings. The summed E-state index contributed by atoms with van der Waals surface area (Å²) in [6, 6.07) is 8.94. The van der Waals surface area contributed by atoms with Gasteiger partial charge in [-0.3, -0.25) is 4.79 Å². The second-order valence-corrected chi connectivity index (χ2v) is 4.92. The fraction of sp³-hybridized carbons (Fsp3) is 0.125. The molecular formula is C16H14FN5O2. The van der Waals surface area contributed by atoms with Gasteiger partial charge in [-0.15, -0.1) is 0 Å². The quantitative estimate of drug-likeness (QED) is 0.777. The number of rotatable bonds is 5. The number of halogens is 1. The summed E-state index contributed by atoms with van der Waals surface area (Å²) in [4.78, 5) is 20.3. The Kier molecular flexibility index (Phi) is 4.46. The molecule has 0 spiro atoms. The molecule has 0 fully saturated rings. The molecule has 1 unspecified atom stereocenters. The summed E-state index contributed by atoms with van der Waals surface area (Å²) in [5, 5.41) is 6.69. The van der Waals surface area contributed by atoms with Crippen molar-refractivity contribution in [2.45, 2.75) is 13.0 Å². The van der Waals surface area contributed by atoms with Crippen LogP contribution in [0, 0.1) is 5.82 Å². The number of amides is 1. The van der Waals surface area contributed by atoms with Gasteiger partial charge in [-0.2, -0.15) is 5.10 Å². The summed E-state index contributed by atoms with van der Waals surface area (Å²) < 4.78 is 20.1. The lowest BCUT2D eigenvalue weighted by atomic mass is 10.3. The third-order valence-corrected chi connectivity index (χ3v) is 3.12. The van der Waals surface area contributed by atoms with Gasteiger partial charge in [-0.25, -0.2) is 19.0 Å². The summed E-state index contributed by atoms with van der Waals surface area (Å²) in [6.07, 6.45) is 3.85. The Morgan fingerprint density at radius 3 is 2.92 bits per heavy atom. The Balaban J connectivity index is 1.67. The molecule has 1 N–H and O–H groups in total. The molecule has 122 valence electrons. The van der Waals surface area contributed by atoms with Crippen LogP contribution < -0.4 is 10.1 Å². The third-order valence-electron chi connectivity index (χ3n) is 3.12. The first kappa shape index (κ1) is 15.6. The van der Waals surface area contributed by atoms with Crippen LogP contribution >= 0.6 is 0 Å². The molecule has 0 saturated carbocycles. The number of anilines is 1. The first-order valence-electron chi connectivity index (χ1n) is 7.17. The zero-order chi connectivity index (χ0) is 16.9. The summed E-state index contributed by atoms with van der Waals surface area (Å²) in [5.74, 6) is 0.265. The Morgan fingerprint density at radius 2 is 2.17 bits per heavy atom. The van der Waals surface area contributed by atoms with Gasteiger partial charge >= 0.3 is 0 Å². The van der Waals surface area contributed by atoms with Crippen LogP contribution in [0.3, 0.4) is 0 Å². The van der Waals surface area contributed by atoms with E-state index < -0.39 is 17.8 Å². The Labute approximate surface area is 137 Å². The highest BCUT2D eigenvalue weighted by Crippen LogP contribution is 2.15. The van der Waals surface area contributed by atoms with Crippen LogP contribution in [-0.2, 0) is 4.79 Å². The molecule has 2 heterocycles. The number of nitrogens with zero attached hydrogens (tertiary/aromatic N) is 4. The molecule has 1 amide bonds. The van der Waals surface area contributed by atoms with Crippen molar-refractivity contribution < 1.29 is 13.9 Å². The van der Waals surface area contributed by atoms with Crippen molar-refractivity contribution in [2.24, 2.45) is 0 Å². The van der Waals surface area contributed by atoms with E-state index in [9.17, 15) is 9.18 Å². The van der Waals surface area contributed by atoms with Crippen LogP contribution in [0.5, 0.6) is 5.75 Å². The molecule has 8 heteroatoms. The van der Waals surface area contributed by atoms with Gasteiger partial charge in [0.05, 0.1) is 0 Å². The van der Waals surface area contributed by atoms with Gasteiger partial charge in [-0.1, -0.05) is 6.07 Å². The number of carbonyl (C=O) groups excluding carboxylic acids is 1. The molecule has 2 aromatic heterocycles. The highest BCUT2D eigenvalue weighted by Gasteiger charge is 2.16. The molecule has 0 radical (unpaired) electrons. The predicted molar refractivity (Wildman–Crippen MR) is 84.3 cm³/mol. The van der Waals surface area contributed by atoms with Crippen LogP contribution in [0.1, 0.15) is 6.92 Å². The van der Waals surface area contributed by atoms with E-state index in [2.05, 4.69) is 20.4 Å². The van der Waals surface area contributed by atoms with Crippen molar-refractivity contribution in [2.75, 3.05) is 5.32 Å². The summed E-state index contributed by atoms with van der Waals surface area (Å²) in [5.41, 5.74) is 0. The lowest BCUT2D eigenvalue weighted by Crippen LogP contribution is -2.30. The van der Waals surface area contributed by atoms with Gasteiger partial charge in [-0.05, 0) is 25.1 Å². The van der Waals surface area contributed by atoms with E-state index in [4.69, 9.17) is 4.74 Å². The summed E-state index contributed by atoms with van der Waals surface area (Å²) >= 11 is 0. The second kappa shape index (κ2) is 6.86. The minimum atomic E-state index is -0.824. The molecular weight excluding hydrogens is 313 g/mol. The maximum atomic E-state index is 13.1. The average Bonchev–Trinajstić information content (AvgIpc) is 3.09. The first-order chi connectivity index (χ1) is 11.6. The van der Waals surface area contributed by atoms with Crippen molar-refractivity contribution >= 4 is 11.7 Å². The fourth-order valence-corrected chi connectivity index (χ4v) is 1.97. The number of hydrogen-bond donors (Lipinski definition) is 1. The van der Waals surface area contributed by atoms with Crippen LogP contribution in [0.25, 0.3) is 5.82 Å². The van der Waals surface area contributed by atoms with E-state index in [-0.39, 0.29) is 5.75 Å². The Morgan fingerprint density at radius 1 is 1.29 bits per heavy atom. The maximum Gasteiger partial charge on any atom is 0.266 e. The predicted octanol–water partition coefficient (Wildman–Crippen LogP) is 2.21. The molecule has 7 nitrogen and oxygen atoms in total. The van der Waals surface area contributed by atoms with Crippen LogP contribution in [0.4, 0.5) is 10.2 Å². The SMILES string of the molecule is CC(Oc1cccc(F)c1)C(=O)Nc1cc(-n2cccn2)ncn1. The highest BCUT2D eigenvalue weighted by atomic mass is 19.1. The van der Waals surface area contributed by atoms with E-state index in [1.54, 1.807) is 42.2 Å². The molecule has 1 aromatic carbocycles. The monoisotopic (exact) mass is 327 g/mol. The molecule has 0 aliphatic rings. The average molecular weight is 327 g/mol. The largest absolute Gasteiger partial charge is 0.481 e. The van der Waals surface area contributed by atoms with E-state index in [1.165, 1.54) is 24.5 Å². The van der Waals surface area contributed by atoms with Gasteiger partial charge in [0.15, 0.2) is 11.9 Å². The van der Waals surface area contributed by atoms with Crippen molar-refractivity contribution in [3.05, 3.63) is 60.9 Å². The minimum Gasteiger partial charge on any atom is -0.481 e. The number of nitrogens with one attached hydrogen (secondary N) is 1. The van der Waals surface area contributed by atoms with Crippen molar-refractivity contribution in [1.82, 2.24) is 19.7 Å². The summed E-state index contributed by atoms with van der Waals surface area (Å²) in [7, 11) is 0. The molecule has 24 heavy (non-hydrogen) atoms. The van der Waals surface area contributed by atoms with Gasteiger partial charge in [0.2, 0.25) is 0 Å². The van der Waals surface area contributed by atoms with Crippen LogP contribution in [0.15, 0.2) is 55.1 Å². The van der Waals surface area contributed by atoms with Crippen LogP contribution in [0.2, 0.25) is 0 Å². The van der Waals surface area contributed by atoms with Crippen molar-refractivity contribution in [1.29, 1.82) is 0 Å². The number of aromatic nitrogens is 4. The molecule has 0 saturated heterocycles. The standard InChI is InChI=1S/C16H14FN5O2/c1-11(24-13-5-2-4-12(17)8-13)16(23)21-14-9-15(19-10-18-14)22-7-3-6-20-22/h2-11H,1H3,(H,18,19,21,23). The highest BCUT2D eigenvalue weighted by molar-refractivity contribution is 5.93. The smallest absolute Gasteiger partial charge is 0.266 e. The summed E-state index contributed by atoms with van der Waals surface area (Å²) in [6.45, 7) is 1.57. The minimum absolute atomic E-state index is 0.276.